The predicted octanol–water partition coefficient (Wildman–Crippen LogP) is -2.47. The van der Waals surface area contributed by atoms with Gasteiger partial charge >= 0.3 is 0 Å². The Bertz CT molecular complexity index is 4.85. The maximum atomic E-state index is 0. The van der Waals surface area contributed by atoms with Crippen molar-refractivity contribution in [2.24, 2.45) is 0 Å². The fraction of sp³-hybridized carbons (Fsp3) is 0. The van der Waals surface area contributed by atoms with Crippen molar-refractivity contribution < 1.29 is 92.8 Å². The zero-order valence-corrected chi connectivity index (χ0v) is 6.19. The van der Waals surface area contributed by atoms with Crippen LogP contribution in [-0.2, 0) is 0 Å². The van der Waals surface area contributed by atoms with Gasteiger partial charge in [0.05, 0.1) is 0 Å². The van der Waals surface area contributed by atoms with E-state index in [1.54, 1.807) is 0 Å². The van der Waals surface area contributed by atoms with Crippen LogP contribution in [0.5, 0.6) is 0 Å². The Labute approximate surface area is 90.9 Å². The van der Waals surface area contributed by atoms with Gasteiger partial charge in [-0.3, -0.25) is 0 Å². The van der Waals surface area contributed by atoms with Crippen molar-refractivity contribution in [2.45, 2.75) is 0 Å². The molecule has 0 saturated heterocycles. The first-order valence-corrected chi connectivity index (χ1v) is 0. The molecule has 0 heterocycles. The fourth-order valence-corrected chi connectivity index (χ4v) is 0. The van der Waals surface area contributed by atoms with Crippen LogP contribution in [0.15, 0.2) is 0 Å². The molecule has 0 aliphatic carbocycles. The van der Waals surface area contributed by atoms with Crippen molar-refractivity contribution in [1.29, 1.82) is 0 Å². The molecule has 3 nitrogen and oxygen atoms in total. The molecule has 0 aromatic rings. The summed E-state index contributed by atoms with van der Waals surface area (Å²) in [7, 11) is 0. The van der Waals surface area contributed by atoms with Crippen LogP contribution in [0.3, 0.4) is 0 Å². The quantitative estimate of drug-likeness (QED) is 0.446. The molecule has 0 radical (unpaired) electrons. The maximum absolute atomic E-state index is 0. The van der Waals surface area contributed by atoms with Gasteiger partial charge in [0.1, 0.15) is 0 Å². The first-order chi connectivity index (χ1) is 0. The minimum Gasteiger partial charge on any atom is -0.412 e. The summed E-state index contributed by atoms with van der Waals surface area (Å²) in [5, 5.41) is 0. The molecule has 0 atom stereocenters. The third-order valence-corrected chi connectivity index (χ3v) is 0. The summed E-state index contributed by atoms with van der Waals surface area (Å²) in [6, 6.07) is 0. The molecule has 0 aliphatic heterocycles. The first-order valence-electron chi connectivity index (χ1n) is 0. The summed E-state index contributed by atoms with van der Waals surface area (Å²) in [5.41, 5.74) is 0. The molecule has 0 aromatic carbocycles. The Morgan fingerprint density at radius 2 is 0.400 bits per heavy atom. The van der Waals surface area contributed by atoms with E-state index in [4.69, 9.17) is 0 Å². The summed E-state index contributed by atoms with van der Waals surface area (Å²) < 4.78 is 0. The average molecular weight is 379 g/mol. The molecular formula is H6Dy2O3. The van der Waals surface area contributed by atoms with Crippen LogP contribution >= 0.6 is 0 Å². The van der Waals surface area contributed by atoms with Gasteiger partial charge in [-0.1, -0.05) is 0 Å². The molecule has 0 aliphatic rings. The summed E-state index contributed by atoms with van der Waals surface area (Å²) in [6.45, 7) is 0. The molecule has 5 heteroatoms. The van der Waals surface area contributed by atoms with E-state index in [0.717, 1.165) is 0 Å². The van der Waals surface area contributed by atoms with E-state index in [2.05, 4.69) is 0 Å². The van der Waals surface area contributed by atoms with E-state index in [1.807, 2.05) is 0 Å². The molecule has 0 rings (SSSR count). The van der Waals surface area contributed by atoms with E-state index >= 15 is 0 Å². The zero-order chi connectivity index (χ0) is 0. The van der Waals surface area contributed by atoms with Crippen molar-refractivity contribution >= 4 is 0 Å². The van der Waals surface area contributed by atoms with Crippen LogP contribution in [-0.4, -0.2) is 16.4 Å². The SMILES string of the molecule is O.O.O.[Dy].[Dy]. The van der Waals surface area contributed by atoms with Gasteiger partial charge in [0, 0.05) is 76.3 Å². The second kappa shape index (κ2) is 32.2. The summed E-state index contributed by atoms with van der Waals surface area (Å²) in [6.07, 6.45) is 0. The van der Waals surface area contributed by atoms with Gasteiger partial charge < -0.3 is 16.4 Å². The van der Waals surface area contributed by atoms with Crippen LogP contribution in [0.25, 0.3) is 0 Å². The monoisotopic (exact) mass is 382 g/mol. The third-order valence-electron chi connectivity index (χ3n) is 0. The van der Waals surface area contributed by atoms with Crippen molar-refractivity contribution in [3.05, 3.63) is 0 Å². The van der Waals surface area contributed by atoms with E-state index in [0.29, 0.717) is 0 Å². The van der Waals surface area contributed by atoms with Crippen LogP contribution in [0.1, 0.15) is 0 Å². The van der Waals surface area contributed by atoms with E-state index in [-0.39, 0.29) is 92.8 Å². The Morgan fingerprint density at radius 1 is 0.400 bits per heavy atom. The Kier molecular flexibility index (Phi) is 335. The molecule has 0 unspecified atom stereocenters. The fourth-order valence-electron chi connectivity index (χ4n) is 0. The molecular weight excluding hydrogens is 373 g/mol. The molecule has 0 bridgehead atoms. The smallest absolute Gasteiger partial charge is 0 e. The van der Waals surface area contributed by atoms with Crippen LogP contribution in [0.4, 0.5) is 0 Å². The molecule has 6 N–H and O–H groups in total. The van der Waals surface area contributed by atoms with Crippen LogP contribution < -0.4 is 0 Å². The summed E-state index contributed by atoms with van der Waals surface area (Å²) in [5.74, 6) is 0. The van der Waals surface area contributed by atoms with Crippen LogP contribution in [0.2, 0.25) is 0 Å². The minimum absolute atomic E-state index is 0. The molecule has 5 heavy (non-hydrogen) atoms. The predicted molar refractivity (Wildman–Crippen MR) is 10.8 cm³/mol. The second-order valence-electron chi connectivity index (χ2n) is 0. The topological polar surface area (TPSA) is 94.5 Å². The van der Waals surface area contributed by atoms with Crippen molar-refractivity contribution in [3.63, 3.8) is 0 Å². The first kappa shape index (κ1) is 52.1. The van der Waals surface area contributed by atoms with Gasteiger partial charge in [0.25, 0.3) is 0 Å². The minimum atomic E-state index is 0. The van der Waals surface area contributed by atoms with Crippen molar-refractivity contribution in [1.82, 2.24) is 0 Å². The number of hydrogen-bond donors (Lipinski definition) is 0. The summed E-state index contributed by atoms with van der Waals surface area (Å²) in [4.78, 5) is 0. The molecule has 0 saturated carbocycles. The van der Waals surface area contributed by atoms with Gasteiger partial charge in [-0.2, -0.15) is 0 Å². The van der Waals surface area contributed by atoms with E-state index in [9.17, 15) is 0 Å². The van der Waals surface area contributed by atoms with Gasteiger partial charge in [0.15, 0.2) is 0 Å². The van der Waals surface area contributed by atoms with Gasteiger partial charge in [0.2, 0.25) is 0 Å². The molecule has 0 fully saturated rings. The molecule has 0 aromatic heterocycles. The molecule has 44 valence electrons. The largest absolute Gasteiger partial charge is 0.412 e. The average Bonchev–Trinajstić information content (AvgIpc) is 0. The third kappa shape index (κ3) is 21.4. The summed E-state index contributed by atoms with van der Waals surface area (Å²) >= 11 is 0. The Morgan fingerprint density at radius 3 is 0.400 bits per heavy atom. The Balaban J connectivity index is 0. The van der Waals surface area contributed by atoms with E-state index in [1.165, 1.54) is 0 Å². The number of rotatable bonds is 0. The van der Waals surface area contributed by atoms with Gasteiger partial charge in [-0.05, 0) is 0 Å². The van der Waals surface area contributed by atoms with Gasteiger partial charge in [-0.25, -0.2) is 0 Å². The zero-order valence-electron chi connectivity index (χ0n) is 2.13. The molecule has 0 spiro atoms. The maximum Gasteiger partial charge on any atom is 0 e. The Hall–Kier alpha value is 2.43. The van der Waals surface area contributed by atoms with Crippen LogP contribution in [0, 0.1) is 76.3 Å². The molecule has 0 amide bonds. The van der Waals surface area contributed by atoms with Crippen molar-refractivity contribution in [3.8, 4) is 0 Å². The standard InChI is InChI=1S/2Dy.3H2O/h;;3*1H2. The van der Waals surface area contributed by atoms with Crippen molar-refractivity contribution in [2.75, 3.05) is 0 Å². The van der Waals surface area contributed by atoms with Gasteiger partial charge in [-0.15, -0.1) is 0 Å². The second-order valence-corrected chi connectivity index (χ2v) is 0. The normalized spacial score (nSPS) is 0. The van der Waals surface area contributed by atoms with E-state index < -0.39 is 0 Å². The number of hydrogen-bond acceptors (Lipinski definition) is 0.